The third kappa shape index (κ3) is 3.43. The first kappa shape index (κ1) is 19.1. The summed E-state index contributed by atoms with van der Waals surface area (Å²) in [6.45, 7) is 13.4. The van der Waals surface area contributed by atoms with E-state index in [-0.39, 0.29) is 0 Å². The Morgan fingerprint density at radius 2 is 0.923 bits per heavy atom. The van der Waals surface area contributed by atoms with Crippen LogP contribution in [-0.2, 0) is 0 Å². The van der Waals surface area contributed by atoms with Gasteiger partial charge in [0.15, 0.2) is 0 Å². The van der Waals surface area contributed by atoms with E-state index >= 15 is 0 Å². The molecule has 1 heteroatoms. The molecule has 0 nitrogen and oxygen atoms in total. The quantitative estimate of drug-likeness (QED) is 0.458. The molecule has 0 aliphatic heterocycles. The fourth-order valence-electron chi connectivity index (χ4n) is 4.52. The number of hydrogen-bond acceptors (Lipinski definition) is 0. The van der Waals surface area contributed by atoms with Crippen molar-refractivity contribution in [2.24, 2.45) is 0 Å². The first-order valence-corrected chi connectivity index (χ1v) is 13.1. The van der Waals surface area contributed by atoms with Gasteiger partial charge in [-0.2, -0.15) is 0 Å². The van der Waals surface area contributed by atoms with Crippen LogP contribution >= 0.6 is 0 Å². The normalized spacial score (nSPS) is 10.9. The Bertz CT molecular complexity index is 858. The maximum absolute atomic E-state index is 2.43. The predicted octanol–water partition coefficient (Wildman–Crippen LogP) is 6.25. The summed E-state index contributed by atoms with van der Waals surface area (Å²) in [5.74, 6) is 0. The summed E-state index contributed by atoms with van der Waals surface area (Å²) < 4.78 is 1.61. The Labute approximate surface area is 166 Å². The number of hydrogen-bond donors (Lipinski definition) is 0. The Hall–Kier alpha value is -1.70. The summed E-state index contributed by atoms with van der Waals surface area (Å²) in [6, 6.07) is 16.2. The van der Waals surface area contributed by atoms with Crippen LogP contribution in [0.1, 0.15) is 33.4 Å². The molecule has 26 heavy (non-hydrogen) atoms. The van der Waals surface area contributed by atoms with Gasteiger partial charge in [0.05, 0.1) is 0 Å². The van der Waals surface area contributed by atoms with Gasteiger partial charge >= 0.3 is 167 Å². The van der Waals surface area contributed by atoms with Crippen LogP contribution in [0, 0.1) is 41.5 Å². The van der Waals surface area contributed by atoms with Crippen molar-refractivity contribution in [1.29, 1.82) is 0 Å². The Balaban J connectivity index is 2.32. The summed E-state index contributed by atoms with van der Waals surface area (Å²) in [5, 5.41) is 0. The minimum atomic E-state index is -0.509. The van der Waals surface area contributed by atoms with Gasteiger partial charge in [-0.1, -0.05) is 0 Å². The van der Waals surface area contributed by atoms with Gasteiger partial charge in [0.2, 0.25) is 0 Å². The van der Waals surface area contributed by atoms with E-state index in [2.05, 4.69) is 89.5 Å². The SMILES string of the molecule is [CH3][Ga][c]1c(-c2c(C)cc(C)cc2C)cccc1-c1c(C)cc(C)cc1C. The zero-order valence-corrected chi connectivity index (χ0v) is 19.5. The molecule has 0 N–H and O–H groups in total. The van der Waals surface area contributed by atoms with E-state index in [4.69, 9.17) is 0 Å². The summed E-state index contributed by atoms with van der Waals surface area (Å²) in [4.78, 5) is 0. The maximum atomic E-state index is 2.43. The van der Waals surface area contributed by atoms with Crippen LogP contribution in [0.15, 0.2) is 42.5 Å². The second-order valence-electron chi connectivity index (χ2n) is 7.60. The number of rotatable bonds is 3. The van der Waals surface area contributed by atoms with Crippen molar-refractivity contribution in [3.05, 3.63) is 75.8 Å². The van der Waals surface area contributed by atoms with Gasteiger partial charge in [0.1, 0.15) is 0 Å². The van der Waals surface area contributed by atoms with Crippen LogP contribution in [0.2, 0.25) is 5.48 Å². The fraction of sp³-hybridized carbons (Fsp3) is 0.280. The molecule has 3 aromatic rings. The molecule has 3 aromatic carbocycles. The molecular weight excluding hydrogens is 370 g/mol. The summed E-state index contributed by atoms with van der Waals surface area (Å²) in [6.07, 6.45) is 0. The molecule has 0 atom stereocenters. The van der Waals surface area contributed by atoms with E-state index in [1.54, 1.807) is 4.12 Å². The molecule has 0 amide bonds. The summed E-state index contributed by atoms with van der Waals surface area (Å²) in [7, 11) is 0. The van der Waals surface area contributed by atoms with Crippen LogP contribution < -0.4 is 4.12 Å². The van der Waals surface area contributed by atoms with Crippen molar-refractivity contribution in [3.63, 3.8) is 0 Å². The van der Waals surface area contributed by atoms with E-state index in [9.17, 15) is 0 Å². The summed E-state index contributed by atoms with van der Waals surface area (Å²) >= 11 is -0.509. The molecular formula is C25H28Ga. The van der Waals surface area contributed by atoms with Gasteiger partial charge in [0, 0.05) is 0 Å². The molecule has 0 aliphatic carbocycles. The molecule has 0 spiro atoms. The standard InChI is InChI=1S/C24H25.CH3.Ga/c1-15-10-17(3)23(18(4)11-15)21-8-7-9-22(14-21)24-19(5)12-16(2)13-20(24)6;;/h7-13H,1-6H3;1H3;. The van der Waals surface area contributed by atoms with E-state index in [0.29, 0.717) is 0 Å². The molecule has 0 unspecified atom stereocenters. The van der Waals surface area contributed by atoms with Gasteiger partial charge in [-0.3, -0.25) is 0 Å². The second kappa shape index (κ2) is 7.50. The molecule has 131 valence electrons. The summed E-state index contributed by atoms with van der Waals surface area (Å²) in [5.41, 5.74) is 16.5. The van der Waals surface area contributed by atoms with Gasteiger partial charge in [-0.25, -0.2) is 0 Å². The van der Waals surface area contributed by atoms with E-state index < -0.39 is 17.4 Å². The Kier molecular flexibility index (Phi) is 5.50. The van der Waals surface area contributed by atoms with Crippen LogP contribution in [0.25, 0.3) is 22.3 Å². The zero-order chi connectivity index (χ0) is 19.0. The molecule has 0 aliphatic rings. The van der Waals surface area contributed by atoms with Crippen molar-refractivity contribution in [3.8, 4) is 22.3 Å². The second-order valence-corrected chi connectivity index (χ2v) is 10.0. The van der Waals surface area contributed by atoms with Gasteiger partial charge < -0.3 is 0 Å². The number of aryl methyl sites for hydroxylation is 6. The fourth-order valence-corrected chi connectivity index (χ4v) is 6.84. The van der Waals surface area contributed by atoms with Crippen LogP contribution in [0.5, 0.6) is 0 Å². The molecule has 0 heterocycles. The molecule has 1 radical (unpaired) electrons. The predicted molar refractivity (Wildman–Crippen MR) is 117 cm³/mol. The topological polar surface area (TPSA) is 0 Å². The monoisotopic (exact) mass is 397 g/mol. The van der Waals surface area contributed by atoms with Crippen molar-refractivity contribution in [1.82, 2.24) is 0 Å². The molecule has 0 bridgehead atoms. The first-order valence-electron chi connectivity index (χ1n) is 9.42. The van der Waals surface area contributed by atoms with Crippen LogP contribution in [-0.4, -0.2) is 17.4 Å². The molecule has 0 aromatic heterocycles. The van der Waals surface area contributed by atoms with Crippen molar-refractivity contribution in [2.75, 3.05) is 0 Å². The van der Waals surface area contributed by atoms with Gasteiger partial charge in [0.25, 0.3) is 0 Å². The average molecular weight is 398 g/mol. The number of benzene rings is 3. The van der Waals surface area contributed by atoms with Crippen LogP contribution in [0.3, 0.4) is 0 Å². The molecule has 0 fully saturated rings. The average Bonchev–Trinajstić information content (AvgIpc) is 2.53. The van der Waals surface area contributed by atoms with Crippen molar-refractivity contribution >= 4 is 21.5 Å². The van der Waals surface area contributed by atoms with E-state index in [1.165, 1.54) is 55.6 Å². The van der Waals surface area contributed by atoms with E-state index in [0.717, 1.165) is 0 Å². The molecule has 3 rings (SSSR count). The third-order valence-corrected chi connectivity index (χ3v) is 7.80. The molecule has 0 saturated carbocycles. The zero-order valence-electron chi connectivity index (χ0n) is 17.1. The minimum absolute atomic E-state index is 0.509. The van der Waals surface area contributed by atoms with Gasteiger partial charge in [-0.05, 0) is 0 Å². The Morgan fingerprint density at radius 3 is 1.23 bits per heavy atom. The van der Waals surface area contributed by atoms with Crippen molar-refractivity contribution in [2.45, 2.75) is 47.0 Å². The van der Waals surface area contributed by atoms with Crippen LogP contribution in [0.4, 0.5) is 0 Å². The van der Waals surface area contributed by atoms with Crippen molar-refractivity contribution < 1.29 is 0 Å². The van der Waals surface area contributed by atoms with Gasteiger partial charge in [-0.15, -0.1) is 0 Å². The molecule has 0 saturated heterocycles. The van der Waals surface area contributed by atoms with E-state index in [1.807, 2.05) is 0 Å². The first-order chi connectivity index (χ1) is 12.3. The Morgan fingerprint density at radius 1 is 0.577 bits per heavy atom. The third-order valence-electron chi connectivity index (χ3n) is 5.29.